The van der Waals surface area contributed by atoms with Crippen LogP contribution >= 0.6 is 11.6 Å². The van der Waals surface area contributed by atoms with E-state index in [1.54, 1.807) is 61.5 Å². The molecule has 0 saturated heterocycles. The average Bonchev–Trinajstić information content (AvgIpc) is 3.31. The van der Waals surface area contributed by atoms with Crippen LogP contribution in [0.1, 0.15) is 35.1 Å². The number of halogens is 1. The number of hydrogen-bond donors (Lipinski definition) is 2. The number of fused-ring (bicyclic) bond motifs is 3. The van der Waals surface area contributed by atoms with Crippen molar-refractivity contribution in [1.29, 1.82) is 0 Å². The highest BCUT2D eigenvalue weighted by molar-refractivity contribution is 7.92. The van der Waals surface area contributed by atoms with Crippen LogP contribution in [-0.2, 0) is 10.0 Å². The number of sulfonamides is 1. The summed E-state index contributed by atoms with van der Waals surface area (Å²) < 4.78 is 29.0. The second-order valence-electron chi connectivity index (χ2n) is 8.56. The minimum absolute atomic E-state index is 0.0367. The van der Waals surface area contributed by atoms with Crippen molar-refractivity contribution in [3.8, 4) is 0 Å². The third-order valence-corrected chi connectivity index (χ3v) is 8.40. The van der Waals surface area contributed by atoms with E-state index in [-0.39, 0.29) is 33.4 Å². The molecule has 1 heterocycles. The van der Waals surface area contributed by atoms with Gasteiger partial charge < -0.3 is 5.32 Å². The van der Waals surface area contributed by atoms with Gasteiger partial charge >= 0.3 is 0 Å². The smallest absolute Gasteiger partial charge is 0.274 e. The molecule has 34 heavy (non-hydrogen) atoms. The first kappa shape index (κ1) is 22.4. The number of allylic oxidation sites excluding steroid dienone is 2. The number of nitro benzene ring substituents is 1. The Labute approximate surface area is 202 Å². The van der Waals surface area contributed by atoms with Crippen molar-refractivity contribution < 1.29 is 13.3 Å². The number of nitrogens with zero attached hydrogens (tertiary/aromatic N) is 1. The molecule has 0 aromatic heterocycles. The molecule has 3 atom stereocenters. The van der Waals surface area contributed by atoms with Crippen LogP contribution in [0.4, 0.5) is 17.1 Å². The van der Waals surface area contributed by atoms with Crippen LogP contribution < -0.4 is 10.0 Å². The number of hydrogen-bond acceptors (Lipinski definition) is 5. The molecule has 7 nitrogen and oxygen atoms in total. The molecule has 2 aliphatic rings. The van der Waals surface area contributed by atoms with Crippen molar-refractivity contribution in [2.24, 2.45) is 5.92 Å². The maximum absolute atomic E-state index is 13.2. The Morgan fingerprint density at radius 2 is 1.88 bits per heavy atom. The Morgan fingerprint density at radius 3 is 2.68 bits per heavy atom. The molecule has 1 aliphatic carbocycles. The quantitative estimate of drug-likeness (QED) is 0.250. The van der Waals surface area contributed by atoms with Crippen molar-refractivity contribution in [1.82, 2.24) is 0 Å². The van der Waals surface area contributed by atoms with Gasteiger partial charge in [0.25, 0.3) is 15.7 Å². The highest BCUT2D eigenvalue weighted by atomic mass is 35.5. The van der Waals surface area contributed by atoms with Crippen molar-refractivity contribution in [2.45, 2.75) is 30.2 Å². The molecule has 174 valence electrons. The zero-order valence-electron chi connectivity index (χ0n) is 18.2. The maximum Gasteiger partial charge on any atom is 0.274 e. The van der Waals surface area contributed by atoms with Crippen molar-refractivity contribution in [2.75, 3.05) is 10.0 Å². The van der Waals surface area contributed by atoms with E-state index in [4.69, 9.17) is 11.6 Å². The fraction of sp³-hybridized carbons (Fsp3) is 0.200. The minimum atomic E-state index is -3.85. The molecule has 0 saturated carbocycles. The molecule has 9 heteroatoms. The summed E-state index contributed by atoms with van der Waals surface area (Å²) in [5, 5.41) is 15.6. The predicted molar refractivity (Wildman–Crippen MR) is 133 cm³/mol. The van der Waals surface area contributed by atoms with E-state index >= 15 is 0 Å². The van der Waals surface area contributed by atoms with Crippen LogP contribution in [0.15, 0.2) is 77.7 Å². The molecular weight excluding hydrogens is 474 g/mol. The van der Waals surface area contributed by atoms with Crippen LogP contribution in [0.5, 0.6) is 0 Å². The van der Waals surface area contributed by atoms with Gasteiger partial charge in [-0.2, -0.15) is 0 Å². The standard InChI is InChI=1S/C25H22ClN3O4S/c1-15-21(26)9-5-10-22(15)28-34(32,33)16-12-13-23-20(14-16)17-7-4-8-18(17)25(27-23)19-6-2-3-11-24(19)29(30)31/h2-7,9-14,17-18,25,27-28H,8H2,1H3/t17-,18+,25-/m0/s1. The van der Waals surface area contributed by atoms with E-state index in [0.29, 0.717) is 21.8 Å². The number of para-hydroxylation sites is 1. The molecule has 2 N–H and O–H groups in total. The monoisotopic (exact) mass is 495 g/mol. The summed E-state index contributed by atoms with van der Waals surface area (Å²) in [6, 6.07) is 16.5. The fourth-order valence-electron chi connectivity index (χ4n) is 4.89. The molecule has 3 aromatic rings. The lowest BCUT2D eigenvalue weighted by atomic mass is 9.76. The van der Waals surface area contributed by atoms with E-state index in [9.17, 15) is 18.5 Å². The van der Waals surface area contributed by atoms with Gasteiger partial charge in [-0.25, -0.2) is 8.42 Å². The summed E-state index contributed by atoms with van der Waals surface area (Å²) in [5.41, 5.74) is 3.42. The second kappa shape index (κ2) is 8.45. The largest absolute Gasteiger partial charge is 0.377 e. The lowest BCUT2D eigenvalue weighted by Crippen LogP contribution is -2.30. The highest BCUT2D eigenvalue weighted by Crippen LogP contribution is 2.51. The Balaban J connectivity index is 1.52. The average molecular weight is 496 g/mol. The van der Waals surface area contributed by atoms with E-state index < -0.39 is 10.0 Å². The second-order valence-corrected chi connectivity index (χ2v) is 10.6. The molecule has 5 rings (SSSR count). The zero-order chi connectivity index (χ0) is 24.0. The van der Waals surface area contributed by atoms with Crippen molar-refractivity contribution in [3.05, 3.63) is 105 Å². The van der Waals surface area contributed by atoms with Gasteiger partial charge in [0.05, 0.1) is 27.1 Å². The van der Waals surface area contributed by atoms with E-state index in [0.717, 1.165) is 17.7 Å². The Morgan fingerprint density at radius 1 is 1.09 bits per heavy atom. The molecule has 0 radical (unpaired) electrons. The topological polar surface area (TPSA) is 101 Å². The number of nitro groups is 1. The SMILES string of the molecule is Cc1c(Cl)cccc1NS(=O)(=O)c1ccc2c(c1)[C@H]1C=CC[C@H]1[C@@H](c1ccccc1[N+](=O)[O-])N2. The molecule has 0 fully saturated rings. The molecule has 0 unspecified atom stereocenters. The van der Waals surface area contributed by atoms with Gasteiger partial charge in [-0.15, -0.1) is 0 Å². The maximum atomic E-state index is 13.2. The Kier molecular flexibility index (Phi) is 5.58. The van der Waals surface area contributed by atoms with Crippen molar-refractivity contribution >= 4 is 38.7 Å². The number of anilines is 2. The lowest BCUT2D eigenvalue weighted by Gasteiger charge is -2.37. The summed E-state index contributed by atoms with van der Waals surface area (Å²) in [7, 11) is -3.85. The molecule has 0 spiro atoms. The van der Waals surface area contributed by atoms with Crippen LogP contribution in [0.2, 0.25) is 5.02 Å². The van der Waals surface area contributed by atoms with Crippen LogP contribution in [-0.4, -0.2) is 13.3 Å². The molecule has 0 amide bonds. The van der Waals surface area contributed by atoms with E-state index in [2.05, 4.69) is 22.2 Å². The first-order chi connectivity index (χ1) is 16.3. The first-order valence-corrected chi connectivity index (χ1v) is 12.7. The highest BCUT2D eigenvalue weighted by Gasteiger charge is 2.40. The van der Waals surface area contributed by atoms with Gasteiger partial charge in [0, 0.05) is 22.7 Å². The minimum Gasteiger partial charge on any atom is -0.377 e. The van der Waals surface area contributed by atoms with E-state index in [1.807, 2.05) is 0 Å². The van der Waals surface area contributed by atoms with Gasteiger partial charge in [-0.05, 0) is 60.7 Å². The van der Waals surface area contributed by atoms with Crippen molar-refractivity contribution in [3.63, 3.8) is 0 Å². The molecule has 3 aromatic carbocycles. The predicted octanol–water partition coefficient (Wildman–Crippen LogP) is 6.18. The normalized spacial score (nSPS) is 20.8. The summed E-state index contributed by atoms with van der Waals surface area (Å²) in [4.78, 5) is 11.4. The Hall–Kier alpha value is -3.36. The third kappa shape index (κ3) is 3.82. The van der Waals surface area contributed by atoms with Gasteiger partial charge in [0.15, 0.2) is 0 Å². The van der Waals surface area contributed by atoms with Gasteiger partial charge in [0.2, 0.25) is 0 Å². The zero-order valence-corrected chi connectivity index (χ0v) is 19.8. The number of nitrogens with one attached hydrogen (secondary N) is 2. The Bertz CT molecular complexity index is 1440. The van der Waals surface area contributed by atoms with Crippen LogP contribution in [0.25, 0.3) is 0 Å². The van der Waals surface area contributed by atoms with Gasteiger partial charge in [-0.3, -0.25) is 14.8 Å². The van der Waals surface area contributed by atoms with E-state index in [1.165, 1.54) is 6.07 Å². The third-order valence-electron chi connectivity index (χ3n) is 6.63. The summed E-state index contributed by atoms with van der Waals surface area (Å²) in [6.45, 7) is 1.76. The molecule has 1 aliphatic heterocycles. The van der Waals surface area contributed by atoms with Gasteiger partial charge in [-0.1, -0.05) is 48.0 Å². The number of benzene rings is 3. The van der Waals surface area contributed by atoms with Gasteiger partial charge in [0.1, 0.15) is 0 Å². The fourth-order valence-corrected chi connectivity index (χ4v) is 6.22. The lowest BCUT2D eigenvalue weighted by molar-refractivity contribution is -0.385. The summed E-state index contributed by atoms with van der Waals surface area (Å²) in [6.07, 6.45) is 4.87. The molecular formula is C25H22ClN3O4S. The summed E-state index contributed by atoms with van der Waals surface area (Å²) in [5.74, 6) is -0.0150. The van der Waals surface area contributed by atoms with Crippen LogP contribution in [0.3, 0.4) is 0 Å². The number of rotatable bonds is 5. The first-order valence-electron chi connectivity index (χ1n) is 10.8. The molecule has 0 bridgehead atoms. The van der Waals surface area contributed by atoms with Crippen LogP contribution in [0, 0.1) is 23.0 Å². The summed E-state index contributed by atoms with van der Waals surface area (Å²) >= 11 is 6.15.